The number of benzene rings is 1. The number of aliphatic carboxylic acids is 2. The maximum absolute atomic E-state index is 12.5. The highest BCUT2D eigenvalue weighted by Crippen LogP contribution is 2.13. The van der Waals surface area contributed by atoms with Crippen LogP contribution in [0.1, 0.15) is 29.8 Å². The van der Waals surface area contributed by atoms with Crippen LogP contribution in [-0.4, -0.2) is 45.5 Å². The van der Waals surface area contributed by atoms with Gasteiger partial charge >= 0.3 is 11.9 Å². The van der Waals surface area contributed by atoms with Crippen molar-refractivity contribution in [2.45, 2.75) is 26.8 Å². The highest BCUT2D eigenvalue weighted by atomic mass is 16.4. The third kappa shape index (κ3) is 4.30. The molecule has 1 aromatic rings. The Morgan fingerprint density at radius 1 is 1.14 bits per heavy atom. The first-order valence-electron chi connectivity index (χ1n) is 6.57. The zero-order valence-corrected chi connectivity index (χ0v) is 12.2. The van der Waals surface area contributed by atoms with Crippen LogP contribution >= 0.6 is 0 Å². The monoisotopic (exact) mass is 293 g/mol. The quantitative estimate of drug-likeness (QED) is 0.831. The fourth-order valence-corrected chi connectivity index (χ4v) is 1.87. The summed E-state index contributed by atoms with van der Waals surface area (Å²) in [6.07, 6.45) is 0. The van der Waals surface area contributed by atoms with Crippen molar-refractivity contribution in [1.82, 2.24) is 4.90 Å². The van der Waals surface area contributed by atoms with Crippen molar-refractivity contribution in [3.63, 3.8) is 0 Å². The van der Waals surface area contributed by atoms with Crippen LogP contribution in [0.3, 0.4) is 0 Å². The van der Waals surface area contributed by atoms with Crippen LogP contribution in [0.2, 0.25) is 0 Å². The lowest BCUT2D eigenvalue weighted by molar-refractivity contribution is -0.145. The summed E-state index contributed by atoms with van der Waals surface area (Å²) in [5, 5.41) is 18.1. The van der Waals surface area contributed by atoms with Crippen LogP contribution in [-0.2, 0) is 9.59 Å². The second-order valence-corrected chi connectivity index (χ2v) is 5.08. The topological polar surface area (TPSA) is 94.9 Å². The van der Waals surface area contributed by atoms with Crippen LogP contribution in [0.25, 0.3) is 0 Å². The molecule has 2 N–H and O–H groups in total. The van der Waals surface area contributed by atoms with Crippen molar-refractivity contribution in [2.24, 2.45) is 5.92 Å². The molecule has 2 atom stereocenters. The first-order chi connectivity index (χ1) is 9.73. The van der Waals surface area contributed by atoms with Crippen LogP contribution in [0, 0.1) is 12.8 Å². The fraction of sp³-hybridized carbons (Fsp3) is 0.400. The number of carboxylic acids is 2. The maximum Gasteiger partial charge on any atom is 0.326 e. The Morgan fingerprint density at radius 3 is 2.24 bits per heavy atom. The molecule has 0 aliphatic rings. The van der Waals surface area contributed by atoms with Crippen molar-refractivity contribution >= 4 is 17.8 Å². The molecule has 0 aliphatic heterocycles. The van der Waals surface area contributed by atoms with Crippen LogP contribution in [0.5, 0.6) is 0 Å². The molecule has 0 heterocycles. The molecule has 1 amide bonds. The van der Waals surface area contributed by atoms with Crippen molar-refractivity contribution < 1.29 is 24.6 Å². The molecule has 0 saturated heterocycles. The Hall–Kier alpha value is -2.37. The number of hydrogen-bond donors (Lipinski definition) is 2. The van der Waals surface area contributed by atoms with E-state index in [2.05, 4.69) is 0 Å². The number of rotatable bonds is 6. The molecule has 0 spiro atoms. The summed E-state index contributed by atoms with van der Waals surface area (Å²) in [5.74, 6) is -3.58. The first-order valence-corrected chi connectivity index (χ1v) is 6.57. The lowest BCUT2D eigenvalue weighted by atomic mass is 10.1. The van der Waals surface area contributed by atoms with Gasteiger partial charge in [0.05, 0.1) is 5.92 Å². The van der Waals surface area contributed by atoms with E-state index in [9.17, 15) is 14.4 Å². The van der Waals surface area contributed by atoms with E-state index in [1.807, 2.05) is 13.0 Å². The minimum Gasteiger partial charge on any atom is -0.481 e. The molecule has 21 heavy (non-hydrogen) atoms. The molecular weight excluding hydrogens is 274 g/mol. The molecule has 2 unspecified atom stereocenters. The summed E-state index contributed by atoms with van der Waals surface area (Å²) in [6, 6.07) is 5.66. The van der Waals surface area contributed by atoms with Crippen LogP contribution < -0.4 is 0 Å². The Morgan fingerprint density at radius 2 is 1.76 bits per heavy atom. The summed E-state index contributed by atoms with van der Waals surface area (Å²) < 4.78 is 0. The SMILES string of the molecule is Cc1cccc(C(=O)N(CC(C)C(=O)O)C(C)C(=O)O)c1. The predicted molar refractivity (Wildman–Crippen MR) is 76.1 cm³/mol. The molecular formula is C15H19NO5. The van der Waals surface area contributed by atoms with E-state index < -0.39 is 29.8 Å². The maximum atomic E-state index is 12.5. The summed E-state index contributed by atoms with van der Waals surface area (Å²) in [5.41, 5.74) is 1.22. The zero-order chi connectivity index (χ0) is 16.2. The van der Waals surface area contributed by atoms with Gasteiger partial charge in [-0.05, 0) is 26.0 Å². The van der Waals surface area contributed by atoms with Gasteiger partial charge in [0.1, 0.15) is 6.04 Å². The van der Waals surface area contributed by atoms with Gasteiger partial charge in [0.2, 0.25) is 0 Å². The molecule has 0 saturated carbocycles. The molecule has 0 aromatic heterocycles. The normalized spacial score (nSPS) is 13.3. The highest BCUT2D eigenvalue weighted by molar-refractivity contribution is 5.97. The van der Waals surface area contributed by atoms with E-state index in [0.717, 1.165) is 10.5 Å². The Balaban J connectivity index is 3.08. The van der Waals surface area contributed by atoms with Gasteiger partial charge in [0.15, 0.2) is 0 Å². The minimum absolute atomic E-state index is 0.157. The molecule has 0 fully saturated rings. The molecule has 6 heteroatoms. The molecule has 1 rings (SSSR count). The molecule has 0 aliphatic carbocycles. The first kappa shape index (κ1) is 16.7. The standard InChI is InChI=1S/C15H19NO5/c1-9-5-4-6-12(7-9)13(17)16(11(3)15(20)21)8-10(2)14(18)19/h4-7,10-11H,8H2,1-3H3,(H,18,19)(H,20,21). The number of carbonyl (C=O) groups excluding carboxylic acids is 1. The van der Waals surface area contributed by atoms with E-state index in [4.69, 9.17) is 10.2 Å². The van der Waals surface area contributed by atoms with Gasteiger partial charge in [-0.15, -0.1) is 0 Å². The third-order valence-electron chi connectivity index (χ3n) is 3.24. The number of carbonyl (C=O) groups is 3. The van der Waals surface area contributed by atoms with E-state index in [1.54, 1.807) is 18.2 Å². The van der Waals surface area contributed by atoms with E-state index in [-0.39, 0.29) is 6.54 Å². The van der Waals surface area contributed by atoms with Crippen molar-refractivity contribution in [3.8, 4) is 0 Å². The van der Waals surface area contributed by atoms with E-state index >= 15 is 0 Å². The van der Waals surface area contributed by atoms with Gasteiger partial charge in [-0.2, -0.15) is 0 Å². The summed E-state index contributed by atoms with van der Waals surface area (Å²) in [7, 11) is 0. The minimum atomic E-state index is -1.17. The second-order valence-electron chi connectivity index (χ2n) is 5.08. The van der Waals surface area contributed by atoms with E-state index in [1.165, 1.54) is 13.8 Å². The van der Waals surface area contributed by atoms with Gasteiger partial charge in [0, 0.05) is 12.1 Å². The Bertz CT molecular complexity index is 555. The van der Waals surface area contributed by atoms with E-state index in [0.29, 0.717) is 5.56 Å². The Kier molecular flexibility index (Phi) is 5.46. The molecule has 0 bridgehead atoms. The van der Waals surface area contributed by atoms with Crippen molar-refractivity contribution in [1.29, 1.82) is 0 Å². The number of nitrogens with zero attached hydrogens (tertiary/aromatic N) is 1. The highest BCUT2D eigenvalue weighted by Gasteiger charge is 2.29. The number of aryl methyl sites for hydroxylation is 1. The van der Waals surface area contributed by atoms with Gasteiger partial charge in [-0.3, -0.25) is 9.59 Å². The second kappa shape index (κ2) is 6.88. The zero-order valence-electron chi connectivity index (χ0n) is 12.2. The lowest BCUT2D eigenvalue weighted by Crippen LogP contribution is -2.46. The molecule has 1 aromatic carbocycles. The predicted octanol–water partition coefficient (Wildman–Crippen LogP) is 1.63. The third-order valence-corrected chi connectivity index (χ3v) is 3.24. The lowest BCUT2D eigenvalue weighted by Gasteiger charge is -2.28. The van der Waals surface area contributed by atoms with Gasteiger partial charge in [-0.1, -0.05) is 24.6 Å². The fourth-order valence-electron chi connectivity index (χ4n) is 1.87. The number of carboxylic acid groups (broad SMARTS) is 2. The molecule has 0 radical (unpaired) electrons. The smallest absolute Gasteiger partial charge is 0.326 e. The van der Waals surface area contributed by atoms with Crippen molar-refractivity contribution in [3.05, 3.63) is 35.4 Å². The summed E-state index contributed by atoms with van der Waals surface area (Å²) in [6.45, 7) is 4.47. The number of hydrogen-bond acceptors (Lipinski definition) is 3. The Labute approximate surface area is 123 Å². The van der Waals surface area contributed by atoms with Gasteiger partial charge in [0.25, 0.3) is 5.91 Å². The average Bonchev–Trinajstić information content (AvgIpc) is 2.42. The summed E-state index contributed by atoms with van der Waals surface area (Å²) in [4.78, 5) is 35.7. The van der Waals surface area contributed by atoms with Crippen LogP contribution in [0.15, 0.2) is 24.3 Å². The molecule has 114 valence electrons. The van der Waals surface area contributed by atoms with Gasteiger partial charge < -0.3 is 15.1 Å². The average molecular weight is 293 g/mol. The molecule has 6 nitrogen and oxygen atoms in total. The van der Waals surface area contributed by atoms with Gasteiger partial charge in [-0.25, -0.2) is 4.79 Å². The number of amides is 1. The largest absolute Gasteiger partial charge is 0.481 e. The van der Waals surface area contributed by atoms with Crippen molar-refractivity contribution in [2.75, 3.05) is 6.54 Å². The van der Waals surface area contributed by atoms with Crippen LogP contribution in [0.4, 0.5) is 0 Å². The summed E-state index contributed by atoms with van der Waals surface area (Å²) >= 11 is 0.